The molecule has 0 spiro atoms. The second-order valence-corrected chi connectivity index (χ2v) is 4.04. The van der Waals surface area contributed by atoms with Crippen molar-refractivity contribution < 1.29 is 14.7 Å². The Morgan fingerprint density at radius 1 is 1.67 bits per heavy atom. The molecule has 0 aromatic carbocycles. The van der Waals surface area contributed by atoms with Crippen molar-refractivity contribution in [3.05, 3.63) is 0 Å². The molecule has 1 saturated heterocycles. The third-order valence-corrected chi connectivity index (χ3v) is 3.09. The molecular formula is C8H12O3S. The molecule has 1 N–H and O–H groups in total. The summed E-state index contributed by atoms with van der Waals surface area (Å²) >= 11 is 1.35. The summed E-state index contributed by atoms with van der Waals surface area (Å²) in [6, 6.07) is 0. The molecule has 0 aromatic heterocycles. The maximum absolute atomic E-state index is 11.2. The van der Waals surface area contributed by atoms with Gasteiger partial charge in [-0.15, -0.1) is 0 Å². The van der Waals surface area contributed by atoms with Gasteiger partial charge in [0.1, 0.15) is 0 Å². The highest BCUT2D eigenvalue weighted by Crippen LogP contribution is 2.27. The van der Waals surface area contributed by atoms with Gasteiger partial charge in [0, 0.05) is 18.1 Å². The lowest BCUT2D eigenvalue weighted by Gasteiger charge is -2.18. The van der Waals surface area contributed by atoms with E-state index in [1.807, 2.05) is 0 Å². The molecule has 0 bridgehead atoms. The summed E-state index contributed by atoms with van der Waals surface area (Å²) in [6.45, 7) is 0. The van der Waals surface area contributed by atoms with Gasteiger partial charge in [-0.05, 0) is 19.3 Å². The molecule has 3 nitrogen and oxygen atoms in total. The van der Waals surface area contributed by atoms with Gasteiger partial charge in [-0.1, -0.05) is 11.8 Å². The second kappa shape index (κ2) is 4.50. The standard InChI is InChI=1S/C8H12O3S/c9-7(10)4-3-6-2-1-5-12-8(6)11/h6H,1-5H2,(H,9,10). The molecule has 12 heavy (non-hydrogen) atoms. The molecule has 1 rings (SSSR count). The summed E-state index contributed by atoms with van der Waals surface area (Å²) in [4.78, 5) is 21.4. The van der Waals surface area contributed by atoms with Crippen LogP contribution in [0.15, 0.2) is 0 Å². The van der Waals surface area contributed by atoms with Crippen molar-refractivity contribution in [2.45, 2.75) is 25.7 Å². The van der Waals surface area contributed by atoms with E-state index in [1.54, 1.807) is 0 Å². The van der Waals surface area contributed by atoms with Crippen LogP contribution in [0, 0.1) is 5.92 Å². The molecule has 1 unspecified atom stereocenters. The van der Waals surface area contributed by atoms with E-state index >= 15 is 0 Å². The van der Waals surface area contributed by atoms with E-state index in [9.17, 15) is 9.59 Å². The Kier molecular flexibility index (Phi) is 3.59. The van der Waals surface area contributed by atoms with Gasteiger partial charge in [0.25, 0.3) is 0 Å². The van der Waals surface area contributed by atoms with Gasteiger partial charge in [0.2, 0.25) is 0 Å². The third-order valence-electron chi connectivity index (χ3n) is 1.98. The molecule has 1 fully saturated rings. The van der Waals surface area contributed by atoms with Crippen LogP contribution in [0.2, 0.25) is 0 Å². The predicted octanol–water partition coefficient (Wildman–Crippen LogP) is 1.52. The first-order chi connectivity index (χ1) is 5.70. The van der Waals surface area contributed by atoms with Crippen molar-refractivity contribution in [2.24, 2.45) is 5.92 Å². The van der Waals surface area contributed by atoms with Crippen molar-refractivity contribution in [2.75, 3.05) is 5.75 Å². The Labute approximate surface area is 75.5 Å². The highest BCUT2D eigenvalue weighted by molar-refractivity contribution is 8.13. The molecule has 1 heterocycles. The number of carboxylic acid groups (broad SMARTS) is 1. The van der Waals surface area contributed by atoms with Crippen molar-refractivity contribution >= 4 is 22.8 Å². The van der Waals surface area contributed by atoms with Gasteiger partial charge in [0.15, 0.2) is 5.12 Å². The summed E-state index contributed by atoms with van der Waals surface area (Å²) < 4.78 is 0. The number of hydrogen-bond acceptors (Lipinski definition) is 3. The number of carbonyl (C=O) groups excluding carboxylic acids is 1. The zero-order valence-electron chi connectivity index (χ0n) is 6.78. The lowest BCUT2D eigenvalue weighted by Crippen LogP contribution is -2.17. The average Bonchev–Trinajstić information content (AvgIpc) is 2.03. The van der Waals surface area contributed by atoms with Crippen LogP contribution >= 0.6 is 11.8 Å². The Bertz CT molecular complexity index is 191. The van der Waals surface area contributed by atoms with Gasteiger partial charge in [-0.3, -0.25) is 9.59 Å². The maximum Gasteiger partial charge on any atom is 0.303 e. The van der Waals surface area contributed by atoms with Gasteiger partial charge < -0.3 is 5.11 Å². The first-order valence-electron chi connectivity index (χ1n) is 4.08. The number of hydrogen-bond donors (Lipinski definition) is 1. The lowest BCUT2D eigenvalue weighted by molar-refractivity contribution is -0.137. The Hall–Kier alpha value is -0.510. The second-order valence-electron chi connectivity index (χ2n) is 2.94. The van der Waals surface area contributed by atoms with Crippen molar-refractivity contribution in [1.29, 1.82) is 0 Å². The van der Waals surface area contributed by atoms with E-state index in [0.29, 0.717) is 6.42 Å². The lowest BCUT2D eigenvalue weighted by atomic mass is 9.99. The average molecular weight is 188 g/mol. The number of rotatable bonds is 3. The molecule has 1 atom stereocenters. The summed E-state index contributed by atoms with van der Waals surface area (Å²) in [5.74, 6) is 0.0980. The van der Waals surface area contributed by atoms with E-state index in [0.717, 1.165) is 18.6 Å². The fraction of sp³-hybridized carbons (Fsp3) is 0.750. The Balaban J connectivity index is 2.29. The maximum atomic E-state index is 11.2. The Morgan fingerprint density at radius 3 is 3.00 bits per heavy atom. The smallest absolute Gasteiger partial charge is 0.303 e. The highest BCUT2D eigenvalue weighted by Gasteiger charge is 2.23. The number of thioether (sulfide) groups is 1. The fourth-order valence-electron chi connectivity index (χ4n) is 1.30. The van der Waals surface area contributed by atoms with Crippen molar-refractivity contribution in [1.82, 2.24) is 0 Å². The van der Waals surface area contributed by atoms with E-state index in [-0.39, 0.29) is 17.5 Å². The summed E-state index contributed by atoms with van der Waals surface area (Å²) in [5, 5.41) is 8.60. The largest absolute Gasteiger partial charge is 0.481 e. The van der Waals surface area contributed by atoms with Crippen molar-refractivity contribution in [3.63, 3.8) is 0 Å². The number of aliphatic carboxylic acids is 1. The molecular weight excluding hydrogens is 176 g/mol. The van der Waals surface area contributed by atoms with Crippen LogP contribution in [-0.4, -0.2) is 21.9 Å². The molecule has 0 radical (unpaired) electrons. The summed E-state index contributed by atoms with van der Waals surface area (Å²) in [7, 11) is 0. The quantitative estimate of drug-likeness (QED) is 0.729. The molecule has 1 aliphatic rings. The number of carbonyl (C=O) groups is 2. The third kappa shape index (κ3) is 2.85. The van der Waals surface area contributed by atoms with Gasteiger partial charge in [-0.2, -0.15) is 0 Å². The minimum atomic E-state index is -0.807. The van der Waals surface area contributed by atoms with Crippen LogP contribution in [0.25, 0.3) is 0 Å². The monoisotopic (exact) mass is 188 g/mol. The van der Waals surface area contributed by atoms with E-state index in [4.69, 9.17) is 5.11 Å². The normalized spacial score (nSPS) is 24.0. The van der Waals surface area contributed by atoms with Gasteiger partial charge in [-0.25, -0.2) is 0 Å². The zero-order chi connectivity index (χ0) is 8.97. The fourth-order valence-corrected chi connectivity index (χ4v) is 2.28. The first-order valence-corrected chi connectivity index (χ1v) is 5.07. The predicted molar refractivity (Wildman–Crippen MR) is 47.1 cm³/mol. The molecule has 0 aliphatic carbocycles. The summed E-state index contributed by atoms with van der Waals surface area (Å²) in [5.41, 5.74) is 0. The molecule has 0 saturated carbocycles. The van der Waals surface area contributed by atoms with Gasteiger partial charge in [0.05, 0.1) is 0 Å². The molecule has 4 heteroatoms. The van der Waals surface area contributed by atoms with Crippen LogP contribution in [0.5, 0.6) is 0 Å². The Morgan fingerprint density at radius 2 is 2.42 bits per heavy atom. The number of carboxylic acids is 1. The first kappa shape index (κ1) is 9.58. The molecule has 1 aliphatic heterocycles. The van der Waals surface area contributed by atoms with Crippen LogP contribution in [0.4, 0.5) is 0 Å². The topological polar surface area (TPSA) is 54.4 Å². The van der Waals surface area contributed by atoms with Crippen LogP contribution in [-0.2, 0) is 9.59 Å². The molecule has 68 valence electrons. The molecule has 0 aromatic rings. The van der Waals surface area contributed by atoms with E-state index in [1.165, 1.54) is 11.8 Å². The SMILES string of the molecule is O=C(O)CCC1CCCSC1=O. The van der Waals surface area contributed by atoms with Gasteiger partial charge >= 0.3 is 5.97 Å². The minimum absolute atomic E-state index is 0.000139. The zero-order valence-corrected chi connectivity index (χ0v) is 7.60. The van der Waals surface area contributed by atoms with Crippen LogP contribution in [0.3, 0.4) is 0 Å². The molecule has 0 amide bonds. The van der Waals surface area contributed by atoms with Crippen LogP contribution < -0.4 is 0 Å². The highest BCUT2D eigenvalue weighted by atomic mass is 32.2. The van der Waals surface area contributed by atoms with Crippen LogP contribution in [0.1, 0.15) is 25.7 Å². The summed E-state index contributed by atoms with van der Waals surface area (Å²) in [6.07, 6.45) is 2.55. The minimum Gasteiger partial charge on any atom is -0.481 e. The van der Waals surface area contributed by atoms with E-state index in [2.05, 4.69) is 0 Å². The van der Waals surface area contributed by atoms with E-state index < -0.39 is 5.97 Å². The van der Waals surface area contributed by atoms with Crippen molar-refractivity contribution in [3.8, 4) is 0 Å².